The van der Waals surface area contributed by atoms with E-state index in [1.54, 1.807) is 11.6 Å². The van der Waals surface area contributed by atoms with E-state index in [0.717, 1.165) is 17.1 Å². The zero-order chi connectivity index (χ0) is 12.5. The first-order chi connectivity index (χ1) is 7.25. The number of nitrogens with zero attached hydrogens (tertiary/aromatic N) is 2. The second-order valence-corrected chi connectivity index (χ2v) is 4.92. The summed E-state index contributed by atoms with van der Waals surface area (Å²) in [5.74, 6) is 0.938. The van der Waals surface area contributed by atoms with Gasteiger partial charge in [-0.1, -0.05) is 13.8 Å². The van der Waals surface area contributed by atoms with Gasteiger partial charge in [-0.2, -0.15) is 5.10 Å². The van der Waals surface area contributed by atoms with E-state index < -0.39 is 5.60 Å². The molecule has 0 aromatic carbocycles. The number of aliphatic hydroxyl groups is 1. The molecular formula is C12H22N2O2. The quantitative estimate of drug-likeness (QED) is 0.852. The van der Waals surface area contributed by atoms with Gasteiger partial charge in [-0.3, -0.25) is 4.68 Å². The Balaban J connectivity index is 2.75. The maximum Gasteiger partial charge on any atom is 0.163 e. The van der Waals surface area contributed by atoms with Crippen molar-refractivity contribution >= 4 is 0 Å². The van der Waals surface area contributed by atoms with Gasteiger partial charge in [0, 0.05) is 7.05 Å². The Morgan fingerprint density at radius 3 is 2.38 bits per heavy atom. The first-order valence-corrected chi connectivity index (χ1v) is 5.61. The molecule has 4 nitrogen and oxygen atoms in total. The van der Waals surface area contributed by atoms with E-state index in [9.17, 15) is 5.11 Å². The first kappa shape index (κ1) is 13.0. The van der Waals surface area contributed by atoms with Crippen molar-refractivity contribution in [3.8, 4) is 5.75 Å². The highest BCUT2D eigenvalue weighted by Gasteiger charge is 2.26. The van der Waals surface area contributed by atoms with Gasteiger partial charge in [0.15, 0.2) is 5.75 Å². The van der Waals surface area contributed by atoms with Gasteiger partial charge in [0.25, 0.3) is 0 Å². The van der Waals surface area contributed by atoms with Crippen LogP contribution in [-0.2, 0) is 7.05 Å². The molecule has 1 aromatic rings. The number of ether oxygens (including phenoxy) is 1. The van der Waals surface area contributed by atoms with E-state index in [4.69, 9.17) is 4.74 Å². The summed E-state index contributed by atoms with van der Waals surface area (Å²) in [5, 5.41) is 14.4. The average molecular weight is 226 g/mol. The van der Waals surface area contributed by atoms with Crippen molar-refractivity contribution in [1.82, 2.24) is 9.78 Å². The Labute approximate surface area is 97.2 Å². The number of hydrogen-bond donors (Lipinski definition) is 1. The molecular weight excluding hydrogens is 204 g/mol. The highest BCUT2D eigenvalue weighted by molar-refractivity contribution is 5.31. The van der Waals surface area contributed by atoms with Crippen LogP contribution in [0.25, 0.3) is 0 Å². The Kier molecular flexibility index (Phi) is 3.63. The molecule has 0 fully saturated rings. The third-order valence-electron chi connectivity index (χ3n) is 3.20. The molecule has 0 saturated carbocycles. The molecule has 1 N–H and O–H groups in total. The van der Waals surface area contributed by atoms with Crippen LogP contribution < -0.4 is 4.74 Å². The van der Waals surface area contributed by atoms with Gasteiger partial charge >= 0.3 is 0 Å². The third kappa shape index (κ3) is 2.55. The molecule has 1 aromatic heterocycles. The standard InChI is InChI=1S/C12H22N2O2/c1-8(2)12(5,15)7-16-11-9(3)13-14(6)10(11)4/h8,15H,7H2,1-6H3. The van der Waals surface area contributed by atoms with Crippen molar-refractivity contribution in [3.05, 3.63) is 11.4 Å². The topological polar surface area (TPSA) is 47.3 Å². The number of aryl methyl sites for hydroxylation is 2. The minimum absolute atomic E-state index is 0.157. The number of aromatic nitrogens is 2. The Hall–Kier alpha value is -1.03. The molecule has 92 valence electrons. The summed E-state index contributed by atoms with van der Waals surface area (Å²) in [6, 6.07) is 0. The minimum atomic E-state index is -0.811. The normalized spacial score (nSPS) is 15.2. The van der Waals surface area contributed by atoms with Crippen LogP contribution in [0, 0.1) is 19.8 Å². The lowest BCUT2D eigenvalue weighted by atomic mass is 9.94. The molecule has 0 radical (unpaired) electrons. The van der Waals surface area contributed by atoms with E-state index in [0.29, 0.717) is 0 Å². The van der Waals surface area contributed by atoms with Crippen molar-refractivity contribution in [2.45, 2.75) is 40.2 Å². The van der Waals surface area contributed by atoms with Gasteiger partial charge in [-0.25, -0.2) is 0 Å². The lowest BCUT2D eigenvalue weighted by Gasteiger charge is -2.27. The second-order valence-electron chi connectivity index (χ2n) is 4.92. The molecule has 0 aliphatic heterocycles. The fourth-order valence-electron chi connectivity index (χ4n) is 1.35. The Bertz CT molecular complexity index is 367. The summed E-state index contributed by atoms with van der Waals surface area (Å²) < 4.78 is 7.47. The van der Waals surface area contributed by atoms with Gasteiger partial charge < -0.3 is 9.84 Å². The monoisotopic (exact) mass is 226 g/mol. The summed E-state index contributed by atoms with van der Waals surface area (Å²) in [6.07, 6.45) is 0. The molecule has 16 heavy (non-hydrogen) atoms. The molecule has 1 heterocycles. The maximum atomic E-state index is 10.1. The van der Waals surface area contributed by atoms with Crippen LogP contribution in [0.4, 0.5) is 0 Å². The first-order valence-electron chi connectivity index (χ1n) is 5.61. The van der Waals surface area contributed by atoms with Crippen molar-refractivity contribution in [2.75, 3.05) is 6.61 Å². The van der Waals surface area contributed by atoms with Crippen LogP contribution in [0.15, 0.2) is 0 Å². The van der Waals surface area contributed by atoms with Crippen molar-refractivity contribution in [3.63, 3.8) is 0 Å². The molecule has 1 unspecified atom stereocenters. The molecule has 0 amide bonds. The molecule has 0 bridgehead atoms. The average Bonchev–Trinajstić information content (AvgIpc) is 2.39. The van der Waals surface area contributed by atoms with E-state index in [1.807, 2.05) is 34.7 Å². The van der Waals surface area contributed by atoms with E-state index in [-0.39, 0.29) is 12.5 Å². The zero-order valence-electron chi connectivity index (χ0n) is 11.0. The Morgan fingerprint density at radius 1 is 1.44 bits per heavy atom. The van der Waals surface area contributed by atoms with E-state index in [1.165, 1.54) is 0 Å². The number of hydrogen-bond acceptors (Lipinski definition) is 3. The highest BCUT2D eigenvalue weighted by atomic mass is 16.5. The molecule has 0 saturated heterocycles. The fourth-order valence-corrected chi connectivity index (χ4v) is 1.35. The lowest BCUT2D eigenvalue weighted by Crippen LogP contribution is -2.38. The number of rotatable bonds is 4. The van der Waals surface area contributed by atoms with Gasteiger partial charge in [0.05, 0.1) is 11.3 Å². The molecule has 0 spiro atoms. The van der Waals surface area contributed by atoms with Gasteiger partial charge in [0.1, 0.15) is 12.3 Å². The second kappa shape index (κ2) is 4.45. The molecule has 4 heteroatoms. The predicted octanol–water partition coefficient (Wildman–Crippen LogP) is 1.82. The summed E-state index contributed by atoms with van der Waals surface area (Å²) in [4.78, 5) is 0. The largest absolute Gasteiger partial charge is 0.487 e. The van der Waals surface area contributed by atoms with E-state index in [2.05, 4.69) is 5.10 Å². The summed E-state index contributed by atoms with van der Waals surface area (Å²) in [5.41, 5.74) is 1.03. The predicted molar refractivity (Wildman–Crippen MR) is 63.6 cm³/mol. The van der Waals surface area contributed by atoms with Gasteiger partial charge in [-0.15, -0.1) is 0 Å². The third-order valence-corrected chi connectivity index (χ3v) is 3.20. The zero-order valence-corrected chi connectivity index (χ0v) is 11.0. The van der Waals surface area contributed by atoms with Crippen molar-refractivity contribution < 1.29 is 9.84 Å². The van der Waals surface area contributed by atoms with Crippen molar-refractivity contribution in [1.29, 1.82) is 0 Å². The van der Waals surface area contributed by atoms with Crippen molar-refractivity contribution in [2.24, 2.45) is 13.0 Å². The highest BCUT2D eigenvalue weighted by Crippen LogP contribution is 2.24. The van der Waals surface area contributed by atoms with Gasteiger partial charge in [-0.05, 0) is 26.7 Å². The maximum absolute atomic E-state index is 10.1. The summed E-state index contributed by atoms with van der Waals surface area (Å²) in [7, 11) is 1.88. The van der Waals surface area contributed by atoms with Gasteiger partial charge in [0.2, 0.25) is 0 Å². The summed E-state index contributed by atoms with van der Waals surface area (Å²) >= 11 is 0. The minimum Gasteiger partial charge on any atom is -0.487 e. The molecule has 0 aliphatic carbocycles. The lowest BCUT2D eigenvalue weighted by molar-refractivity contribution is -0.0269. The van der Waals surface area contributed by atoms with E-state index >= 15 is 0 Å². The molecule has 0 aliphatic rings. The van der Waals surface area contributed by atoms with Crippen LogP contribution in [-0.4, -0.2) is 27.1 Å². The molecule has 1 atom stereocenters. The smallest absolute Gasteiger partial charge is 0.163 e. The van der Waals surface area contributed by atoms with Crippen LogP contribution >= 0.6 is 0 Å². The SMILES string of the molecule is Cc1nn(C)c(C)c1OCC(C)(O)C(C)C. The van der Waals surface area contributed by atoms with Crippen LogP contribution in [0.3, 0.4) is 0 Å². The van der Waals surface area contributed by atoms with Crippen LogP contribution in [0.5, 0.6) is 5.75 Å². The van der Waals surface area contributed by atoms with Crippen LogP contribution in [0.2, 0.25) is 0 Å². The molecule has 1 rings (SSSR count). The fraction of sp³-hybridized carbons (Fsp3) is 0.750. The summed E-state index contributed by atoms with van der Waals surface area (Å²) in [6.45, 7) is 9.90. The Morgan fingerprint density at radius 2 is 2.00 bits per heavy atom. The van der Waals surface area contributed by atoms with Crippen LogP contribution in [0.1, 0.15) is 32.2 Å².